The maximum Gasteiger partial charge on any atom is 0.0999 e. The fraction of sp³-hybridized carbons (Fsp3) is 0.600. The summed E-state index contributed by atoms with van der Waals surface area (Å²) in [5, 5.41) is 7.98. The minimum atomic E-state index is 0.686. The van der Waals surface area contributed by atoms with Gasteiger partial charge in [-0.15, -0.1) is 22.7 Å². The van der Waals surface area contributed by atoms with Gasteiger partial charge in [-0.05, 0) is 25.8 Å². The topological polar surface area (TPSA) is 37.8 Å². The third-order valence-electron chi connectivity index (χ3n) is 2.96. The number of rotatable bonds is 7. The smallest absolute Gasteiger partial charge is 0.0999 e. The van der Waals surface area contributed by atoms with E-state index in [9.17, 15) is 0 Å². The highest BCUT2D eigenvalue weighted by Crippen LogP contribution is 2.23. The second-order valence-corrected chi connectivity index (χ2v) is 7.53. The molecule has 0 atom stereocenters. The summed E-state index contributed by atoms with van der Waals surface area (Å²) in [5.41, 5.74) is 2.35. The summed E-state index contributed by atoms with van der Waals surface area (Å²) in [7, 11) is 0. The average Bonchev–Trinajstić information content (AvgIpc) is 2.96. The number of nitrogens with one attached hydrogen (secondary N) is 1. The monoisotopic (exact) mass is 309 g/mol. The summed E-state index contributed by atoms with van der Waals surface area (Å²) >= 11 is 3.56. The zero-order valence-electron chi connectivity index (χ0n) is 12.7. The Kier molecular flexibility index (Phi) is 5.69. The van der Waals surface area contributed by atoms with Gasteiger partial charge in [0.15, 0.2) is 0 Å². The Morgan fingerprint density at radius 3 is 2.65 bits per heavy atom. The lowest BCUT2D eigenvalue weighted by Crippen LogP contribution is -2.18. The fourth-order valence-electron chi connectivity index (χ4n) is 2.01. The Labute approximate surface area is 129 Å². The number of aromatic nitrogens is 2. The van der Waals surface area contributed by atoms with Gasteiger partial charge < -0.3 is 5.32 Å². The third kappa shape index (κ3) is 4.36. The lowest BCUT2D eigenvalue weighted by Gasteiger charge is -2.06. The predicted molar refractivity (Wildman–Crippen MR) is 87.7 cm³/mol. The molecule has 2 rings (SSSR count). The van der Waals surface area contributed by atoms with Crippen molar-refractivity contribution in [2.45, 2.75) is 47.1 Å². The predicted octanol–water partition coefficient (Wildman–Crippen LogP) is 3.81. The van der Waals surface area contributed by atoms with Gasteiger partial charge in [0.1, 0.15) is 0 Å². The van der Waals surface area contributed by atoms with E-state index in [0.717, 1.165) is 31.6 Å². The molecular weight excluding hydrogens is 286 g/mol. The van der Waals surface area contributed by atoms with Crippen LogP contribution in [-0.2, 0) is 19.4 Å². The summed E-state index contributed by atoms with van der Waals surface area (Å²) in [5.74, 6) is 0.686. The molecule has 20 heavy (non-hydrogen) atoms. The van der Waals surface area contributed by atoms with Crippen LogP contribution in [0, 0.1) is 12.8 Å². The zero-order chi connectivity index (χ0) is 14.5. The van der Waals surface area contributed by atoms with Crippen LogP contribution in [-0.4, -0.2) is 16.5 Å². The molecule has 0 fully saturated rings. The number of thiazole rings is 2. The second kappa shape index (κ2) is 7.29. The van der Waals surface area contributed by atoms with Crippen LogP contribution in [0.4, 0.5) is 0 Å². The van der Waals surface area contributed by atoms with E-state index in [2.05, 4.69) is 36.5 Å². The zero-order valence-corrected chi connectivity index (χ0v) is 14.3. The molecule has 0 saturated heterocycles. The first-order valence-electron chi connectivity index (χ1n) is 7.17. The Morgan fingerprint density at radius 1 is 1.25 bits per heavy atom. The van der Waals surface area contributed by atoms with Crippen molar-refractivity contribution in [3.05, 3.63) is 31.7 Å². The van der Waals surface area contributed by atoms with E-state index < -0.39 is 0 Å². The lowest BCUT2D eigenvalue weighted by atomic mass is 10.2. The Hall–Kier alpha value is -0.780. The molecule has 3 nitrogen and oxygen atoms in total. The second-order valence-electron chi connectivity index (χ2n) is 5.42. The van der Waals surface area contributed by atoms with Gasteiger partial charge in [0.25, 0.3) is 0 Å². The van der Waals surface area contributed by atoms with Crippen LogP contribution in [0.25, 0.3) is 0 Å². The van der Waals surface area contributed by atoms with Crippen LogP contribution >= 0.6 is 22.7 Å². The van der Waals surface area contributed by atoms with E-state index in [0.29, 0.717) is 5.92 Å². The van der Waals surface area contributed by atoms with Gasteiger partial charge in [-0.1, -0.05) is 20.8 Å². The first-order chi connectivity index (χ1) is 9.58. The normalized spacial score (nSPS) is 11.4. The minimum Gasteiger partial charge on any atom is -0.312 e. The molecule has 1 N–H and O–H groups in total. The maximum absolute atomic E-state index is 4.78. The Balaban J connectivity index is 2.02. The van der Waals surface area contributed by atoms with Crippen LogP contribution in [0.1, 0.15) is 47.1 Å². The Bertz CT molecular complexity index is 543. The van der Waals surface area contributed by atoms with Crippen LogP contribution in [0.5, 0.6) is 0 Å². The van der Waals surface area contributed by atoms with E-state index in [1.165, 1.54) is 20.6 Å². The van der Waals surface area contributed by atoms with Gasteiger partial charge in [0.05, 0.1) is 22.1 Å². The molecule has 0 bridgehead atoms. The van der Waals surface area contributed by atoms with Crippen molar-refractivity contribution >= 4 is 22.7 Å². The van der Waals surface area contributed by atoms with Crippen molar-refractivity contribution < 1.29 is 0 Å². The molecule has 0 saturated carbocycles. The molecule has 0 aromatic carbocycles. The molecule has 2 aromatic heterocycles. The molecule has 0 aliphatic heterocycles. The van der Waals surface area contributed by atoms with Crippen molar-refractivity contribution in [1.29, 1.82) is 0 Å². The molecule has 110 valence electrons. The SMILES string of the molecule is CCc1nc(Cc2nc(C)cs2)sc1CNCC(C)C. The van der Waals surface area contributed by atoms with Gasteiger partial charge in [0, 0.05) is 22.5 Å². The van der Waals surface area contributed by atoms with Gasteiger partial charge in [-0.2, -0.15) is 0 Å². The van der Waals surface area contributed by atoms with Gasteiger partial charge in [-0.3, -0.25) is 0 Å². The van der Waals surface area contributed by atoms with Crippen LogP contribution < -0.4 is 5.32 Å². The standard InChI is InChI=1S/C15H23N3S2/c1-5-12-13(8-16-7-10(2)3)20-15(18-12)6-14-17-11(4)9-19-14/h9-10,16H,5-8H2,1-4H3. The first-order valence-corrected chi connectivity index (χ1v) is 8.87. The van der Waals surface area contributed by atoms with E-state index in [1.807, 2.05) is 18.3 Å². The summed E-state index contributed by atoms with van der Waals surface area (Å²) in [6.45, 7) is 10.7. The van der Waals surface area contributed by atoms with E-state index >= 15 is 0 Å². The number of nitrogens with zero attached hydrogens (tertiary/aromatic N) is 2. The number of hydrogen-bond acceptors (Lipinski definition) is 5. The quantitative estimate of drug-likeness (QED) is 0.845. The fourth-order valence-corrected chi connectivity index (χ4v) is 4.01. The molecule has 0 aliphatic rings. The Morgan fingerprint density at radius 2 is 2.05 bits per heavy atom. The first kappa shape index (κ1) is 15.6. The molecule has 0 radical (unpaired) electrons. The van der Waals surface area contributed by atoms with Gasteiger partial charge >= 0.3 is 0 Å². The molecule has 0 aliphatic carbocycles. The lowest BCUT2D eigenvalue weighted by molar-refractivity contribution is 0.553. The van der Waals surface area contributed by atoms with Gasteiger partial charge in [-0.25, -0.2) is 9.97 Å². The van der Waals surface area contributed by atoms with Crippen molar-refractivity contribution in [2.75, 3.05) is 6.54 Å². The van der Waals surface area contributed by atoms with Crippen molar-refractivity contribution in [2.24, 2.45) is 5.92 Å². The average molecular weight is 310 g/mol. The molecule has 2 aromatic rings. The molecule has 0 amide bonds. The molecule has 2 heterocycles. The summed E-state index contributed by atoms with van der Waals surface area (Å²) < 4.78 is 0. The highest BCUT2D eigenvalue weighted by molar-refractivity contribution is 7.12. The van der Waals surface area contributed by atoms with Crippen LogP contribution in [0.2, 0.25) is 0 Å². The molecule has 0 spiro atoms. The summed E-state index contributed by atoms with van der Waals surface area (Å²) in [6, 6.07) is 0. The number of aryl methyl sites for hydroxylation is 2. The molecular formula is C15H23N3S2. The van der Waals surface area contributed by atoms with E-state index in [4.69, 9.17) is 4.98 Å². The minimum absolute atomic E-state index is 0.686. The van der Waals surface area contributed by atoms with Crippen LogP contribution in [0.15, 0.2) is 5.38 Å². The van der Waals surface area contributed by atoms with Crippen molar-refractivity contribution in [3.8, 4) is 0 Å². The molecule has 5 heteroatoms. The highest BCUT2D eigenvalue weighted by Gasteiger charge is 2.11. The van der Waals surface area contributed by atoms with Crippen molar-refractivity contribution in [3.63, 3.8) is 0 Å². The number of hydrogen-bond donors (Lipinski definition) is 1. The van der Waals surface area contributed by atoms with E-state index in [-0.39, 0.29) is 0 Å². The van der Waals surface area contributed by atoms with Crippen LogP contribution in [0.3, 0.4) is 0 Å². The molecule has 0 unspecified atom stereocenters. The largest absolute Gasteiger partial charge is 0.312 e. The third-order valence-corrected chi connectivity index (χ3v) is 5.03. The summed E-state index contributed by atoms with van der Waals surface area (Å²) in [4.78, 5) is 10.7. The highest BCUT2D eigenvalue weighted by atomic mass is 32.1. The van der Waals surface area contributed by atoms with Gasteiger partial charge in [0.2, 0.25) is 0 Å². The maximum atomic E-state index is 4.78. The summed E-state index contributed by atoms with van der Waals surface area (Å²) in [6.07, 6.45) is 1.88. The van der Waals surface area contributed by atoms with Crippen molar-refractivity contribution in [1.82, 2.24) is 15.3 Å². The van der Waals surface area contributed by atoms with E-state index in [1.54, 1.807) is 11.3 Å².